The van der Waals surface area contributed by atoms with Crippen LogP contribution in [0.1, 0.15) is 47.3 Å². The molecule has 1 amide bonds. The van der Waals surface area contributed by atoms with Gasteiger partial charge in [0, 0.05) is 36.0 Å². The zero-order chi connectivity index (χ0) is 20.1. The molecule has 0 saturated heterocycles. The van der Waals surface area contributed by atoms with Crippen LogP contribution in [0.25, 0.3) is 10.9 Å². The van der Waals surface area contributed by atoms with Gasteiger partial charge in [0.25, 0.3) is 0 Å². The number of nitrogens with one attached hydrogen (secondary N) is 1. The first kappa shape index (κ1) is 19.3. The Labute approximate surface area is 162 Å². The van der Waals surface area contributed by atoms with Crippen LogP contribution in [0.5, 0.6) is 5.75 Å². The molecule has 7 nitrogen and oxygen atoms in total. The van der Waals surface area contributed by atoms with Crippen molar-refractivity contribution in [3.05, 3.63) is 65.6 Å². The van der Waals surface area contributed by atoms with E-state index in [-0.39, 0.29) is 22.7 Å². The summed E-state index contributed by atoms with van der Waals surface area (Å²) in [5, 5.41) is 14.3. The number of nitrogens with zero attached hydrogens (tertiary/aromatic N) is 2. The van der Waals surface area contributed by atoms with Gasteiger partial charge in [-0.1, -0.05) is 19.1 Å². The first-order valence-corrected chi connectivity index (χ1v) is 8.95. The predicted molar refractivity (Wildman–Crippen MR) is 104 cm³/mol. The van der Waals surface area contributed by atoms with Crippen molar-refractivity contribution in [1.29, 1.82) is 0 Å². The van der Waals surface area contributed by atoms with Gasteiger partial charge in [-0.2, -0.15) is 0 Å². The highest BCUT2D eigenvalue weighted by Gasteiger charge is 2.25. The van der Waals surface area contributed by atoms with Crippen molar-refractivity contribution >= 4 is 22.8 Å². The Hall–Kier alpha value is -3.48. The second-order valence-corrected chi connectivity index (χ2v) is 6.29. The standard InChI is InChI=1S/C21H21N3O4/c1-3-6-17(25)24-18(13-7-4-9-22-12-13)16-11-15(21(27)28-2)14-8-5-10-23-19(14)20(16)26/h4-5,7-12,18,26H,3,6H2,1-2H3,(H,24,25). The maximum absolute atomic E-state index is 12.3. The van der Waals surface area contributed by atoms with Gasteiger partial charge in [0.2, 0.25) is 5.91 Å². The van der Waals surface area contributed by atoms with Gasteiger partial charge in [0.1, 0.15) is 11.3 Å². The molecule has 3 aromatic rings. The molecule has 0 fully saturated rings. The molecule has 1 aromatic carbocycles. The summed E-state index contributed by atoms with van der Waals surface area (Å²) >= 11 is 0. The highest BCUT2D eigenvalue weighted by molar-refractivity contribution is 6.05. The van der Waals surface area contributed by atoms with Crippen LogP contribution >= 0.6 is 0 Å². The lowest BCUT2D eigenvalue weighted by molar-refractivity contribution is -0.121. The minimum atomic E-state index is -0.692. The normalized spacial score (nSPS) is 11.8. The summed E-state index contributed by atoms with van der Waals surface area (Å²) in [5.41, 5.74) is 1.55. The quantitative estimate of drug-likeness (QED) is 0.638. The Morgan fingerprint density at radius 2 is 2.04 bits per heavy atom. The van der Waals surface area contributed by atoms with Gasteiger partial charge in [0.15, 0.2) is 0 Å². The lowest BCUT2D eigenvalue weighted by Gasteiger charge is -2.22. The molecule has 0 aliphatic carbocycles. The van der Waals surface area contributed by atoms with Crippen LogP contribution in [0.2, 0.25) is 0 Å². The topological polar surface area (TPSA) is 101 Å². The van der Waals surface area contributed by atoms with Gasteiger partial charge < -0.3 is 15.2 Å². The molecule has 144 valence electrons. The van der Waals surface area contributed by atoms with Crippen molar-refractivity contribution in [3.8, 4) is 5.75 Å². The van der Waals surface area contributed by atoms with Crippen LogP contribution in [0.3, 0.4) is 0 Å². The van der Waals surface area contributed by atoms with E-state index in [1.165, 1.54) is 19.4 Å². The fourth-order valence-corrected chi connectivity index (χ4v) is 3.10. The number of methoxy groups -OCH3 is 1. The molecule has 1 unspecified atom stereocenters. The SMILES string of the molecule is CCCC(=O)NC(c1cccnc1)c1cc(C(=O)OC)c2cccnc2c1O. The van der Waals surface area contributed by atoms with Crippen molar-refractivity contribution in [1.82, 2.24) is 15.3 Å². The molecule has 0 saturated carbocycles. The number of pyridine rings is 2. The third-order valence-electron chi connectivity index (χ3n) is 4.41. The molecular formula is C21H21N3O4. The first-order valence-electron chi connectivity index (χ1n) is 8.95. The molecule has 2 aromatic heterocycles. The number of carbonyl (C=O) groups is 2. The predicted octanol–water partition coefficient (Wildman–Crippen LogP) is 3.13. The molecule has 0 spiro atoms. The maximum atomic E-state index is 12.3. The number of phenolic OH excluding ortho intramolecular Hbond substituents is 1. The van der Waals surface area contributed by atoms with Gasteiger partial charge in [-0.15, -0.1) is 0 Å². The number of carbonyl (C=O) groups excluding carboxylic acids is 2. The van der Waals surface area contributed by atoms with E-state index in [9.17, 15) is 14.7 Å². The van der Waals surface area contributed by atoms with Gasteiger partial charge in [-0.05, 0) is 30.2 Å². The molecule has 7 heteroatoms. The summed E-state index contributed by atoms with van der Waals surface area (Å²) in [7, 11) is 1.29. The van der Waals surface area contributed by atoms with Crippen LogP contribution in [0.4, 0.5) is 0 Å². The molecule has 0 aliphatic rings. The van der Waals surface area contributed by atoms with Crippen molar-refractivity contribution in [2.24, 2.45) is 0 Å². The number of aromatic hydroxyl groups is 1. The van der Waals surface area contributed by atoms with Gasteiger partial charge in [-0.3, -0.25) is 14.8 Å². The van der Waals surface area contributed by atoms with Crippen LogP contribution in [0, 0.1) is 0 Å². The molecule has 28 heavy (non-hydrogen) atoms. The van der Waals surface area contributed by atoms with Crippen molar-refractivity contribution in [2.75, 3.05) is 7.11 Å². The number of phenols is 1. The lowest BCUT2D eigenvalue weighted by Crippen LogP contribution is -2.29. The smallest absolute Gasteiger partial charge is 0.338 e. The number of rotatable bonds is 6. The van der Waals surface area contributed by atoms with Gasteiger partial charge in [-0.25, -0.2) is 4.79 Å². The highest BCUT2D eigenvalue weighted by atomic mass is 16.5. The number of benzene rings is 1. The molecule has 2 N–H and O–H groups in total. The third-order valence-corrected chi connectivity index (χ3v) is 4.41. The van der Waals surface area contributed by atoms with Crippen LogP contribution in [0.15, 0.2) is 48.9 Å². The van der Waals surface area contributed by atoms with E-state index in [1.807, 2.05) is 6.92 Å². The lowest BCUT2D eigenvalue weighted by atomic mass is 9.94. The number of aromatic nitrogens is 2. The molecule has 2 heterocycles. The van der Waals surface area contributed by atoms with E-state index in [0.29, 0.717) is 29.4 Å². The molecule has 0 aliphatic heterocycles. The maximum Gasteiger partial charge on any atom is 0.338 e. The summed E-state index contributed by atoms with van der Waals surface area (Å²) < 4.78 is 4.90. The average molecular weight is 379 g/mol. The molecule has 3 rings (SSSR count). The number of amides is 1. The Morgan fingerprint density at radius 1 is 1.25 bits per heavy atom. The van der Waals surface area contributed by atoms with E-state index < -0.39 is 12.0 Å². The summed E-state index contributed by atoms with van der Waals surface area (Å²) in [6.45, 7) is 1.91. The molecule has 0 bridgehead atoms. The fourth-order valence-electron chi connectivity index (χ4n) is 3.10. The van der Waals surface area contributed by atoms with E-state index in [0.717, 1.165) is 0 Å². The zero-order valence-electron chi connectivity index (χ0n) is 15.7. The summed E-state index contributed by atoms with van der Waals surface area (Å²) in [5.74, 6) is -0.825. The van der Waals surface area contributed by atoms with Crippen LogP contribution in [-0.4, -0.2) is 34.1 Å². The summed E-state index contributed by atoms with van der Waals surface area (Å²) in [4.78, 5) is 33.0. The number of esters is 1. The Bertz CT molecular complexity index is 1010. The number of fused-ring (bicyclic) bond motifs is 1. The van der Waals surface area contributed by atoms with Gasteiger partial charge >= 0.3 is 5.97 Å². The van der Waals surface area contributed by atoms with Crippen molar-refractivity contribution in [2.45, 2.75) is 25.8 Å². The third kappa shape index (κ3) is 3.78. The second-order valence-electron chi connectivity index (χ2n) is 6.29. The van der Waals surface area contributed by atoms with E-state index >= 15 is 0 Å². The van der Waals surface area contributed by atoms with E-state index in [2.05, 4.69) is 15.3 Å². The van der Waals surface area contributed by atoms with E-state index in [1.54, 1.807) is 36.7 Å². The Morgan fingerprint density at radius 3 is 2.71 bits per heavy atom. The Balaban J connectivity index is 2.23. The monoisotopic (exact) mass is 379 g/mol. The fraction of sp³-hybridized carbons (Fsp3) is 0.238. The number of ether oxygens (including phenoxy) is 1. The number of hydrogen-bond donors (Lipinski definition) is 2. The summed E-state index contributed by atoms with van der Waals surface area (Å²) in [6.07, 6.45) is 5.78. The second kappa shape index (κ2) is 8.47. The van der Waals surface area contributed by atoms with E-state index in [4.69, 9.17) is 4.74 Å². The Kier molecular flexibility index (Phi) is 5.84. The minimum Gasteiger partial charge on any atom is -0.505 e. The summed E-state index contributed by atoms with van der Waals surface area (Å²) in [6, 6.07) is 7.75. The van der Waals surface area contributed by atoms with Crippen LogP contribution < -0.4 is 5.32 Å². The van der Waals surface area contributed by atoms with Crippen molar-refractivity contribution < 1.29 is 19.4 Å². The first-order chi connectivity index (χ1) is 13.6. The largest absolute Gasteiger partial charge is 0.505 e. The minimum absolute atomic E-state index is 0.103. The van der Waals surface area contributed by atoms with Crippen LogP contribution in [-0.2, 0) is 9.53 Å². The molecule has 0 radical (unpaired) electrons. The highest BCUT2D eigenvalue weighted by Crippen LogP contribution is 2.36. The molecular weight excluding hydrogens is 358 g/mol. The van der Waals surface area contributed by atoms with Crippen molar-refractivity contribution in [3.63, 3.8) is 0 Å². The zero-order valence-corrected chi connectivity index (χ0v) is 15.7. The average Bonchev–Trinajstić information content (AvgIpc) is 2.73. The van der Waals surface area contributed by atoms with Gasteiger partial charge in [0.05, 0.1) is 18.7 Å². The number of hydrogen-bond acceptors (Lipinski definition) is 6. The molecule has 1 atom stereocenters.